The van der Waals surface area contributed by atoms with E-state index in [2.05, 4.69) is 10.1 Å². The van der Waals surface area contributed by atoms with Crippen molar-refractivity contribution in [3.63, 3.8) is 0 Å². The summed E-state index contributed by atoms with van der Waals surface area (Å²) in [5.74, 6) is -0.238. The van der Waals surface area contributed by atoms with E-state index < -0.39 is 10.8 Å². The van der Waals surface area contributed by atoms with Gasteiger partial charge in [0.1, 0.15) is 6.10 Å². The summed E-state index contributed by atoms with van der Waals surface area (Å²) in [5.41, 5.74) is 4.82. The Kier molecular flexibility index (Phi) is 4.31. The molecule has 9 nitrogen and oxygen atoms in total. The molecule has 1 aliphatic rings. The van der Waals surface area contributed by atoms with Gasteiger partial charge >= 0.3 is 0 Å². The van der Waals surface area contributed by atoms with Gasteiger partial charge in [-0.3, -0.25) is 10.1 Å². The standard InChI is InChI=1S/C11H14N4O5/c12-11(14-16)10-8(15(17)18)1-2-9(13-10)20-7-3-5-19-6-4-7/h1-2,7,16H,3-6H2,(H2,12,14). The molecule has 9 heteroatoms. The van der Waals surface area contributed by atoms with Gasteiger partial charge < -0.3 is 20.4 Å². The third-order valence-electron chi connectivity index (χ3n) is 2.85. The maximum atomic E-state index is 10.9. The largest absolute Gasteiger partial charge is 0.474 e. The Balaban J connectivity index is 2.24. The smallest absolute Gasteiger partial charge is 0.299 e. The zero-order valence-electron chi connectivity index (χ0n) is 10.6. The average molecular weight is 282 g/mol. The Morgan fingerprint density at radius 1 is 1.55 bits per heavy atom. The highest BCUT2D eigenvalue weighted by molar-refractivity contribution is 5.98. The molecule has 0 spiro atoms. The second-order valence-electron chi connectivity index (χ2n) is 4.19. The number of amidine groups is 1. The summed E-state index contributed by atoms with van der Waals surface area (Å²) in [6, 6.07) is 2.61. The molecule has 0 amide bonds. The molecule has 0 radical (unpaired) electrons. The Morgan fingerprint density at radius 3 is 2.85 bits per heavy atom. The lowest BCUT2D eigenvalue weighted by molar-refractivity contribution is -0.385. The molecule has 1 aromatic heterocycles. The van der Waals surface area contributed by atoms with Crippen LogP contribution in [0.1, 0.15) is 18.5 Å². The summed E-state index contributed by atoms with van der Waals surface area (Å²) in [7, 11) is 0. The number of ether oxygens (including phenoxy) is 2. The second kappa shape index (κ2) is 6.15. The first kappa shape index (κ1) is 14.0. The van der Waals surface area contributed by atoms with Crippen LogP contribution >= 0.6 is 0 Å². The van der Waals surface area contributed by atoms with Crippen molar-refractivity contribution >= 4 is 11.5 Å². The van der Waals surface area contributed by atoms with Crippen LogP contribution in [0.25, 0.3) is 0 Å². The third-order valence-corrected chi connectivity index (χ3v) is 2.85. The summed E-state index contributed by atoms with van der Waals surface area (Å²) in [6.45, 7) is 1.20. The molecule has 2 rings (SSSR count). The van der Waals surface area contributed by atoms with E-state index in [0.29, 0.717) is 13.2 Å². The Bertz CT molecular complexity index is 528. The van der Waals surface area contributed by atoms with Gasteiger partial charge in [-0.15, -0.1) is 0 Å². The van der Waals surface area contributed by atoms with E-state index >= 15 is 0 Å². The maximum Gasteiger partial charge on any atom is 0.299 e. The van der Waals surface area contributed by atoms with E-state index in [0.717, 1.165) is 12.8 Å². The zero-order chi connectivity index (χ0) is 14.5. The number of pyridine rings is 1. The van der Waals surface area contributed by atoms with Crippen LogP contribution < -0.4 is 10.5 Å². The highest BCUT2D eigenvalue weighted by Crippen LogP contribution is 2.22. The minimum Gasteiger partial charge on any atom is -0.474 e. The number of hydrogen-bond donors (Lipinski definition) is 2. The Hall–Kier alpha value is -2.42. The van der Waals surface area contributed by atoms with Crippen molar-refractivity contribution in [3.05, 3.63) is 27.9 Å². The zero-order valence-corrected chi connectivity index (χ0v) is 10.6. The number of nitrogens with zero attached hydrogens (tertiary/aromatic N) is 3. The molecule has 1 fully saturated rings. The van der Waals surface area contributed by atoms with Gasteiger partial charge in [0.25, 0.3) is 5.69 Å². The normalized spacial score (nSPS) is 16.9. The van der Waals surface area contributed by atoms with Crippen LogP contribution in [0.4, 0.5) is 5.69 Å². The molecule has 1 saturated heterocycles. The van der Waals surface area contributed by atoms with Gasteiger partial charge in [-0.25, -0.2) is 4.98 Å². The first-order valence-electron chi connectivity index (χ1n) is 5.99. The van der Waals surface area contributed by atoms with Crippen LogP contribution in [0, 0.1) is 10.1 Å². The van der Waals surface area contributed by atoms with Crippen molar-refractivity contribution in [2.75, 3.05) is 13.2 Å². The van der Waals surface area contributed by atoms with E-state index in [1.54, 1.807) is 0 Å². The molecule has 0 unspecified atom stereocenters. The molecule has 1 aliphatic heterocycles. The SMILES string of the molecule is N/C(=N/O)c1nc(OC2CCOCC2)ccc1[N+](=O)[O-]. The molecule has 0 saturated carbocycles. The number of hydrogen-bond acceptors (Lipinski definition) is 7. The molecular weight excluding hydrogens is 268 g/mol. The van der Waals surface area contributed by atoms with Gasteiger partial charge in [-0.05, 0) is 0 Å². The fraction of sp³-hybridized carbons (Fsp3) is 0.455. The molecule has 1 aromatic rings. The van der Waals surface area contributed by atoms with Crippen molar-refractivity contribution in [2.24, 2.45) is 10.9 Å². The van der Waals surface area contributed by atoms with E-state index in [4.69, 9.17) is 20.4 Å². The topological polar surface area (TPSA) is 133 Å². The maximum absolute atomic E-state index is 10.9. The monoisotopic (exact) mass is 282 g/mol. The molecule has 2 heterocycles. The second-order valence-corrected chi connectivity index (χ2v) is 4.19. The van der Waals surface area contributed by atoms with Crippen molar-refractivity contribution in [3.8, 4) is 5.88 Å². The fourth-order valence-electron chi connectivity index (χ4n) is 1.85. The van der Waals surface area contributed by atoms with Gasteiger partial charge in [0.2, 0.25) is 5.88 Å². The Morgan fingerprint density at radius 2 is 2.25 bits per heavy atom. The molecule has 108 valence electrons. The summed E-state index contributed by atoms with van der Waals surface area (Å²) >= 11 is 0. The predicted molar refractivity (Wildman–Crippen MR) is 67.9 cm³/mol. The molecule has 0 bridgehead atoms. The fourth-order valence-corrected chi connectivity index (χ4v) is 1.85. The van der Waals surface area contributed by atoms with Crippen molar-refractivity contribution < 1.29 is 19.6 Å². The summed E-state index contributed by atoms with van der Waals surface area (Å²) in [5, 5.41) is 22.3. The summed E-state index contributed by atoms with van der Waals surface area (Å²) in [4.78, 5) is 14.1. The van der Waals surface area contributed by atoms with E-state index in [-0.39, 0.29) is 23.4 Å². The number of nitro groups is 1. The van der Waals surface area contributed by atoms with Gasteiger partial charge in [-0.2, -0.15) is 0 Å². The van der Waals surface area contributed by atoms with Crippen LogP contribution in [-0.2, 0) is 4.74 Å². The predicted octanol–water partition coefficient (Wildman–Crippen LogP) is 0.642. The van der Waals surface area contributed by atoms with Crippen molar-refractivity contribution in [2.45, 2.75) is 18.9 Å². The molecular formula is C11H14N4O5. The summed E-state index contributed by atoms with van der Waals surface area (Å²) in [6.07, 6.45) is 1.38. The van der Waals surface area contributed by atoms with Crippen molar-refractivity contribution in [1.82, 2.24) is 4.98 Å². The summed E-state index contributed by atoms with van der Waals surface area (Å²) < 4.78 is 10.8. The average Bonchev–Trinajstić information content (AvgIpc) is 2.47. The first-order chi connectivity index (χ1) is 9.61. The van der Waals surface area contributed by atoms with Crippen LogP contribution in [0.15, 0.2) is 17.3 Å². The first-order valence-corrected chi connectivity index (χ1v) is 5.99. The van der Waals surface area contributed by atoms with E-state index in [1.165, 1.54) is 12.1 Å². The van der Waals surface area contributed by atoms with E-state index in [9.17, 15) is 10.1 Å². The van der Waals surface area contributed by atoms with Crippen LogP contribution in [0.5, 0.6) is 5.88 Å². The number of rotatable bonds is 4. The molecule has 20 heavy (non-hydrogen) atoms. The highest BCUT2D eigenvalue weighted by Gasteiger charge is 2.22. The quantitative estimate of drug-likeness (QED) is 0.272. The van der Waals surface area contributed by atoms with Crippen molar-refractivity contribution in [1.29, 1.82) is 0 Å². The third kappa shape index (κ3) is 3.12. The van der Waals surface area contributed by atoms with Crippen LogP contribution in [-0.4, -0.2) is 40.3 Å². The lowest BCUT2D eigenvalue weighted by Gasteiger charge is -2.22. The molecule has 0 atom stereocenters. The minimum absolute atomic E-state index is 0.0576. The highest BCUT2D eigenvalue weighted by atomic mass is 16.6. The molecule has 0 aromatic carbocycles. The minimum atomic E-state index is -0.654. The molecule has 3 N–H and O–H groups in total. The van der Waals surface area contributed by atoms with Crippen LogP contribution in [0.2, 0.25) is 0 Å². The number of nitrogens with two attached hydrogens (primary N) is 1. The van der Waals surface area contributed by atoms with Gasteiger partial charge in [0.05, 0.1) is 18.1 Å². The number of aromatic nitrogens is 1. The Labute approximate surface area is 114 Å². The van der Waals surface area contributed by atoms with E-state index in [1.807, 2.05) is 0 Å². The van der Waals surface area contributed by atoms with Gasteiger partial charge in [0.15, 0.2) is 11.5 Å². The number of oxime groups is 1. The lowest BCUT2D eigenvalue weighted by atomic mass is 10.1. The molecule has 0 aliphatic carbocycles. The van der Waals surface area contributed by atoms with Gasteiger partial charge in [-0.1, -0.05) is 5.16 Å². The van der Waals surface area contributed by atoms with Crippen LogP contribution in [0.3, 0.4) is 0 Å². The van der Waals surface area contributed by atoms with Gasteiger partial charge in [0, 0.05) is 25.0 Å². The lowest BCUT2D eigenvalue weighted by Crippen LogP contribution is -2.26.